The third-order valence-electron chi connectivity index (χ3n) is 4.92. The largest absolute Gasteiger partial charge is 0.487 e. The van der Waals surface area contributed by atoms with Crippen molar-refractivity contribution in [3.8, 4) is 5.75 Å². The highest BCUT2D eigenvalue weighted by Crippen LogP contribution is 2.24. The van der Waals surface area contributed by atoms with Gasteiger partial charge in [0.25, 0.3) is 17.2 Å². The van der Waals surface area contributed by atoms with Crippen LogP contribution >= 0.6 is 0 Å². The summed E-state index contributed by atoms with van der Waals surface area (Å²) in [6.07, 6.45) is 1.57. The van der Waals surface area contributed by atoms with E-state index in [0.717, 1.165) is 5.56 Å². The van der Waals surface area contributed by atoms with Gasteiger partial charge in [-0.25, -0.2) is 9.37 Å². The Kier molecular flexibility index (Phi) is 5.72. The maximum Gasteiger partial charge on any atom is 0.274 e. The fourth-order valence-corrected chi connectivity index (χ4v) is 3.24. The van der Waals surface area contributed by atoms with Crippen molar-refractivity contribution in [3.05, 3.63) is 87.9 Å². The van der Waals surface area contributed by atoms with E-state index in [1.54, 1.807) is 35.3 Å². The van der Waals surface area contributed by atoms with Crippen LogP contribution < -0.4 is 15.6 Å². The first-order chi connectivity index (χ1) is 15.3. The fraction of sp³-hybridized carbons (Fsp3) is 0.217. The standard InChI is InChI=1S/C23H22FN5O3/c1-14(2)28-13-25-23-27-17(11-21(30)29(23)28)12-32-20-10-16(9-8-15(20)3)26-22(31)18-6-4-5-7-19(18)24/h4-11,13-14H,12H2,1-3H3,(H,26,31). The van der Waals surface area contributed by atoms with Gasteiger partial charge >= 0.3 is 0 Å². The Balaban J connectivity index is 1.52. The average molecular weight is 435 g/mol. The molecule has 2 heterocycles. The fourth-order valence-electron chi connectivity index (χ4n) is 3.24. The molecule has 0 aliphatic heterocycles. The number of rotatable bonds is 6. The van der Waals surface area contributed by atoms with Gasteiger partial charge in [-0.15, -0.1) is 0 Å². The van der Waals surface area contributed by atoms with Crippen molar-refractivity contribution in [2.24, 2.45) is 0 Å². The number of aromatic nitrogens is 4. The Labute approximate surface area is 183 Å². The van der Waals surface area contributed by atoms with Crippen LogP contribution in [0.3, 0.4) is 0 Å². The van der Waals surface area contributed by atoms with Crippen molar-refractivity contribution in [1.29, 1.82) is 0 Å². The minimum absolute atomic E-state index is 0.0469. The van der Waals surface area contributed by atoms with Crippen LogP contribution in [-0.4, -0.2) is 25.1 Å². The predicted octanol–water partition coefficient (Wildman–Crippen LogP) is 3.75. The predicted molar refractivity (Wildman–Crippen MR) is 117 cm³/mol. The number of nitrogens with one attached hydrogen (secondary N) is 1. The zero-order valence-corrected chi connectivity index (χ0v) is 17.9. The summed E-state index contributed by atoms with van der Waals surface area (Å²) in [7, 11) is 0. The van der Waals surface area contributed by atoms with E-state index in [4.69, 9.17) is 4.74 Å². The Morgan fingerprint density at radius 3 is 2.72 bits per heavy atom. The van der Waals surface area contributed by atoms with Gasteiger partial charge in [0.1, 0.15) is 24.5 Å². The molecule has 0 radical (unpaired) electrons. The lowest BCUT2D eigenvalue weighted by molar-refractivity contribution is 0.102. The number of anilines is 1. The van der Waals surface area contributed by atoms with E-state index in [2.05, 4.69) is 15.3 Å². The molecule has 0 atom stereocenters. The number of ether oxygens (including phenoxy) is 1. The summed E-state index contributed by atoms with van der Waals surface area (Å²) in [4.78, 5) is 33.5. The van der Waals surface area contributed by atoms with Crippen LogP contribution in [0.5, 0.6) is 5.75 Å². The molecule has 4 aromatic rings. The Hall–Kier alpha value is -4.01. The number of aryl methyl sites for hydroxylation is 1. The van der Waals surface area contributed by atoms with E-state index in [-0.39, 0.29) is 23.8 Å². The van der Waals surface area contributed by atoms with Crippen LogP contribution in [0.25, 0.3) is 5.78 Å². The quantitative estimate of drug-likeness (QED) is 0.498. The summed E-state index contributed by atoms with van der Waals surface area (Å²) >= 11 is 0. The van der Waals surface area contributed by atoms with Crippen molar-refractivity contribution >= 4 is 17.4 Å². The molecular formula is C23H22FN5O3. The first-order valence-electron chi connectivity index (χ1n) is 10.1. The van der Waals surface area contributed by atoms with Gasteiger partial charge in [-0.3, -0.25) is 14.3 Å². The van der Waals surface area contributed by atoms with Crippen LogP contribution in [0.1, 0.15) is 41.5 Å². The van der Waals surface area contributed by atoms with Gasteiger partial charge in [0.15, 0.2) is 0 Å². The molecule has 2 aromatic heterocycles. The van der Waals surface area contributed by atoms with Crippen molar-refractivity contribution in [2.75, 3.05) is 5.32 Å². The summed E-state index contributed by atoms with van der Waals surface area (Å²) in [5.74, 6) is -0.349. The lowest BCUT2D eigenvalue weighted by Crippen LogP contribution is -2.23. The van der Waals surface area contributed by atoms with E-state index in [1.807, 2.05) is 20.8 Å². The lowest BCUT2D eigenvalue weighted by Gasteiger charge is -2.12. The number of carbonyl (C=O) groups is 1. The zero-order chi connectivity index (χ0) is 22.8. The molecule has 164 valence electrons. The summed E-state index contributed by atoms with van der Waals surface area (Å²) in [5, 5.41) is 2.67. The molecule has 0 fully saturated rings. The number of amides is 1. The highest BCUT2D eigenvalue weighted by atomic mass is 19.1. The maximum absolute atomic E-state index is 13.9. The van der Waals surface area contributed by atoms with Crippen LogP contribution in [0, 0.1) is 12.7 Å². The number of benzene rings is 2. The van der Waals surface area contributed by atoms with E-state index in [1.165, 1.54) is 28.8 Å². The molecule has 0 aliphatic rings. The van der Waals surface area contributed by atoms with E-state index in [9.17, 15) is 14.0 Å². The molecular weight excluding hydrogens is 413 g/mol. The number of fused-ring (bicyclic) bond motifs is 1. The third-order valence-corrected chi connectivity index (χ3v) is 4.92. The van der Waals surface area contributed by atoms with Gasteiger partial charge < -0.3 is 10.1 Å². The van der Waals surface area contributed by atoms with Gasteiger partial charge in [0, 0.05) is 23.9 Å². The first-order valence-corrected chi connectivity index (χ1v) is 10.1. The van der Waals surface area contributed by atoms with Crippen LogP contribution in [0.4, 0.5) is 10.1 Å². The van der Waals surface area contributed by atoms with E-state index < -0.39 is 11.7 Å². The van der Waals surface area contributed by atoms with Gasteiger partial charge in [-0.05, 0) is 44.5 Å². The molecule has 1 amide bonds. The lowest BCUT2D eigenvalue weighted by atomic mass is 10.1. The minimum atomic E-state index is -0.596. The maximum atomic E-state index is 13.9. The number of hydrogen-bond acceptors (Lipinski definition) is 5. The second-order valence-electron chi connectivity index (χ2n) is 7.62. The van der Waals surface area contributed by atoms with E-state index >= 15 is 0 Å². The Bertz CT molecular complexity index is 1360. The number of nitrogens with zero attached hydrogens (tertiary/aromatic N) is 4. The Morgan fingerprint density at radius 1 is 1.19 bits per heavy atom. The molecule has 0 spiro atoms. The van der Waals surface area contributed by atoms with Crippen molar-refractivity contribution < 1.29 is 13.9 Å². The summed E-state index contributed by atoms with van der Waals surface area (Å²) in [6, 6.07) is 12.4. The molecule has 4 rings (SSSR count). The summed E-state index contributed by atoms with van der Waals surface area (Å²) in [5.41, 5.74) is 1.43. The molecule has 2 aromatic carbocycles. The smallest absolute Gasteiger partial charge is 0.274 e. The van der Waals surface area contributed by atoms with Crippen molar-refractivity contribution in [2.45, 2.75) is 33.4 Å². The van der Waals surface area contributed by atoms with Gasteiger partial charge in [0.2, 0.25) is 0 Å². The van der Waals surface area contributed by atoms with Crippen molar-refractivity contribution in [1.82, 2.24) is 19.2 Å². The van der Waals surface area contributed by atoms with Crippen LogP contribution in [0.2, 0.25) is 0 Å². The first kappa shape index (κ1) is 21.2. The topological polar surface area (TPSA) is 90.5 Å². The zero-order valence-electron chi connectivity index (χ0n) is 17.9. The van der Waals surface area contributed by atoms with Crippen LogP contribution in [-0.2, 0) is 6.61 Å². The Morgan fingerprint density at radius 2 is 1.97 bits per heavy atom. The highest BCUT2D eigenvalue weighted by Gasteiger charge is 2.13. The average Bonchev–Trinajstić information content (AvgIpc) is 3.19. The molecule has 0 saturated carbocycles. The summed E-state index contributed by atoms with van der Waals surface area (Å²) in [6.45, 7) is 5.80. The number of halogens is 1. The molecule has 8 nitrogen and oxygen atoms in total. The molecule has 0 aliphatic carbocycles. The summed E-state index contributed by atoms with van der Waals surface area (Å²) < 4.78 is 22.8. The second kappa shape index (κ2) is 8.62. The monoisotopic (exact) mass is 435 g/mol. The number of carbonyl (C=O) groups excluding carboxylic acids is 1. The number of hydrogen-bond donors (Lipinski definition) is 1. The molecule has 0 unspecified atom stereocenters. The molecule has 32 heavy (non-hydrogen) atoms. The second-order valence-corrected chi connectivity index (χ2v) is 7.62. The molecule has 0 bridgehead atoms. The van der Waals surface area contributed by atoms with Gasteiger partial charge in [-0.1, -0.05) is 18.2 Å². The highest BCUT2D eigenvalue weighted by molar-refractivity contribution is 6.04. The molecule has 0 saturated heterocycles. The minimum Gasteiger partial charge on any atom is -0.487 e. The van der Waals surface area contributed by atoms with Crippen LogP contribution in [0.15, 0.2) is 59.7 Å². The SMILES string of the molecule is Cc1ccc(NC(=O)c2ccccc2F)cc1OCc1cc(=O)n2c(ncn2C(C)C)n1. The van der Waals surface area contributed by atoms with Gasteiger partial charge in [0.05, 0.1) is 11.3 Å². The molecule has 1 N–H and O–H groups in total. The molecule has 9 heteroatoms. The normalized spacial score (nSPS) is 11.2. The van der Waals surface area contributed by atoms with Gasteiger partial charge in [-0.2, -0.15) is 9.50 Å². The van der Waals surface area contributed by atoms with Crippen molar-refractivity contribution in [3.63, 3.8) is 0 Å². The third kappa shape index (κ3) is 4.22. The van der Waals surface area contributed by atoms with E-state index in [0.29, 0.717) is 22.9 Å².